The van der Waals surface area contributed by atoms with Crippen LogP contribution in [-0.2, 0) is 0 Å². The zero-order valence-corrected chi connectivity index (χ0v) is 10.7. The van der Waals surface area contributed by atoms with Gasteiger partial charge in [-0.3, -0.25) is 0 Å². The van der Waals surface area contributed by atoms with E-state index in [1.807, 2.05) is 6.08 Å². The molecular formula is C10H13BrCl2. The van der Waals surface area contributed by atoms with E-state index in [4.69, 9.17) is 23.2 Å². The minimum absolute atomic E-state index is 0.0597. The third-order valence-electron chi connectivity index (χ3n) is 2.62. The van der Waals surface area contributed by atoms with Crippen LogP contribution in [0.5, 0.6) is 0 Å². The van der Waals surface area contributed by atoms with Gasteiger partial charge in [0.25, 0.3) is 0 Å². The number of hydrogen-bond donors (Lipinski definition) is 0. The van der Waals surface area contributed by atoms with Crippen molar-refractivity contribution in [1.82, 2.24) is 0 Å². The zero-order valence-electron chi connectivity index (χ0n) is 7.56. The monoisotopic (exact) mass is 282 g/mol. The second kappa shape index (κ2) is 4.37. The summed E-state index contributed by atoms with van der Waals surface area (Å²) in [5, 5.41) is 0.0983. The summed E-state index contributed by atoms with van der Waals surface area (Å²) in [6.45, 7) is 6.14. The maximum Gasteiger partial charge on any atom is 0.0553 e. The van der Waals surface area contributed by atoms with Crippen molar-refractivity contribution in [3.8, 4) is 0 Å². The SMILES string of the molecule is C=C1CC(C)(C=CCl)C(Br)CC1Cl. The third-order valence-corrected chi connectivity index (χ3v) is 4.66. The number of rotatable bonds is 1. The van der Waals surface area contributed by atoms with Crippen molar-refractivity contribution in [1.29, 1.82) is 0 Å². The molecule has 1 aliphatic rings. The van der Waals surface area contributed by atoms with Gasteiger partial charge in [0, 0.05) is 15.8 Å². The average molecular weight is 284 g/mol. The fraction of sp³-hybridized carbons (Fsp3) is 0.600. The van der Waals surface area contributed by atoms with Crippen molar-refractivity contribution in [2.24, 2.45) is 5.41 Å². The number of allylic oxidation sites excluding steroid dienone is 2. The first kappa shape index (κ1) is 11.6. The maximum atomic E-state index is 6.10. The predicted octanol–water partition coefficient (Wildman–Crippen LogP) is 4.47. The lowest BCUT2D eigenvalue weighted by Crippen LogP contribution is -2.34. The summed E-state index contributed by atoms with van der Waals surface area (Å²) in [5.41, 5.74) is 2.75. The predicted molar refractivity (Wildman–Crippen MR) is 63.8 cm³/mol. The molecule has 0 aromatic heterocycles. The first-order valence-corrected chi connectivity index (χ1v) is 6.02. The molecule has 1 saturated carbocycles. The molecule has 0 aromatic rings. The Morgan fingerprint density at radius 2 is 2.31 bits per heavy atom. The molecule has 0 amide bonds. The fourth-order valence-electron chi connectivity index (χ4n) is 1.64. The Hall–Kier alpha value is 0.540. The van der Waals surface area contributed by atoms with E-state index in [1.165, 1.54) is 0 Å². The van der Waals surface area contributed by atoms with E-state index >= 15 is 0 Å². The zero-order chi connectivity index (χ0) is 10.1. The Kier molecular flexibility index (Phi) is 3.91. The van der Waals surface area contributed by atoms with Crippen molar-refractivity contribution in [2.45, 2.75) is 30.0 Å². The highest BCUT2D eigenvalue weighted by Gasteiger charge is 2.37. The molecule has 0 saturated heterocycles. The van der Waals surface area contributed by atoms with Gasteiger partial charge in [-0.1, -0.05) is 52.7 Å². The quantitative estimate of drug-likeness (QED) is 0.492. The molecule has 0 heterocycles. The summed E-state index contributed by atoms with van der Waals surface area (Å²) in [4.78, 5) is 0.378. The second-order valence-corrected chi connectivity index (χ2v) is 5.69. The van der Waals surface area contributed by atoms with E-state index in [-0.39, 0.29) is 10.8 Å². The molecule has 0 nitrogen and oxygen atoms in total. The first-order valence-electron chi connectivity index (χ1n) is 4.23. The van der Waals surface area contributed by atoms with Crippen LogP contribution in [0.15, 0.2) is 23.8 Å². The Labute approximate surface area is 98.1 Å². The molecule has 0 bridgehead atoms. The smallest absolute Gasteiger partial charge is 0.0553 e. The van der Waals surface area contributed by atoms with Crippen LogP contribution in [0.3, 0.4) is 0 Å². The highest BCUT2D eigenvalue weighted by molar-refractivity contribution is 9.09. The molecule has 3 heteroatoms. The summed E-state index contributed by atoms with van der Waals surface area (Å²) < 4.78 is 0. The van der Waals surface area contributed by atoms with Gasteiger partial charge < -0.3 is 0 Å². The van der Waals surface area contributed by atoms with Crippen LogP contribution in [0.4, 0.5) is 0 Å². The van der Waals surface area contributed by atoms with Crippen LogP contribution in [0.1, 0.15) is 19.8 Å². The molecule has 1 rings (SSSR count). The van der Waals surface area contributed by atoms with Crippen molar-refractivity contribution in [3.05, 3.63) is 23.8 Å². The number of halogens is 3. The lowest BCUT2D eigenvalue weighted by atomic mass is 9.74. The molecule has 3 unspecified atom stereocenters. The molecule has 3 atom stereocenters. The molecule has 0 spiro atoms. The van der Waals surface area contributed by atoms with Crippen LogP contribution in [0.25, 0.3) is 0 Å². The Balaban J connectivity index is 2.82. The molecule has 0 aliphatic heterocycles. The molecule has 0 aromatic carbocycles. The largest absolute Gasteiger partial charge is 0.118 e. The summed E-state index contributed by atoms with van der Waals surface area (Å²) in [6, 6.07) is 0. The van der Waals surface area contributed by atoms with Crippen LogP contribution < -0.4 is 0 Å². The van der Waals surface area contributed by atoms with Gasteiger partial charge >= 0.3 is 0 Å². The normalized spacial score (nSPS) is 41.4. The maximum absolute atomic E-state index is 6.10. The van der Waals surface area contributed by atoms with Crippen molar-refractivity contribution in [3.63, 3.8) is 0 Å². The molecule has 0 radical (unpaired) electrons. The Bertz CT molecular complexity index is 237. The van der Waals surface area contributed by atoms with Gasteiger partial charge in [0.1, 0.15) is 0 Å². The highest BCUT2D eigenvalue weighted by atomic mass is 79.9. The van der Waals surface area contributed by atoms with Crippen molar-refractivity contribution in [2.75, 3.05) is 0 Å². The standard InChI is InChI=1S/C10H13BrCl2/c1-7-6-10(2,3-4-12)9(11)5-8(7)13/h3-4,8-9H,1,5-6H2,2H3. The van der Waals surface area contributed by atoms with Crippen molar-refractivity contribution < 1.29 is 0 Å². The highest BCUT2D eigenvalue weighted by Crippen LogP contribution is 2.45. The van der Waals surface area contributed by atoms with Crippen LogP contribution >= 0.6 is 39.1 Å². The molecule has 1 fully saturated rings. The van der Waals surface area contributed by atoms with Gasteiger partial charge in [-0.05, 0) is 12.8 Å². The second-order valence-electron chi connectivity index (χ2n) is 3.80. The van der Waals surface area contributed by atoms with E-state index in [0.717, 1.165) is 18.4 Å². The minimum atomic E-state index is 0.0597. The van der Waals surface area contributed by atoms with Gasteiger partial charge in [-0.25, -0.2) is 0 Å². The molecule has 13 heavy (non-hydrogen) atoms. The molecule has 74 valence electrons. The van der Waals surface area contributed by atoms with E-state index < -0.39 is 0 Å². The van der Waals surface area contributed by atoms with Gasteiger partial charge in [0.05, 0.1) is 5.38 Å². The Morgan fingerprint density at radius 3 is 2.85 bits per heavy atom. The minimum Gasteiger partial charge on any atom is -0.118 e. The van der Waals surface area contributed by atoms with Gasteiger partial charge in [0.2, 0.25) is 0 Å². The Morgan fingerprint density at radius 1 is 1.69 bits per heavy atom. The number of hydrogen-bond acceptors (Lipinski definition) is 0. The van der Waals surface area contributed by atoms with Crippen LogP contribution in [0.2, 0.25) is 0 Å². The van der Waals surface area contributed by atoms with Gasteiger partial charge in [0.15, 0.2) is 0 Å². The van der Waals surface area contributed by atoms with E-state index in [2.05, 4.69) is 29.4 Å². The lowest BCUT2D eigenvalue weighted by molar-refractivity contribution is 0.359. The third kappa shape index (κ3) is 2.51. The summed E-state index contributed by atoms with van der Waals surface area (Å²) >= 11 is 15.4. The van der Waals surface area contributed by atoms with Crippen molar-refractivity contribution >= 4 is 39.1 Å². The summed E-state index contributed by atoms with van der Waals surface area (Å²) in [5.74, 6) is 0. The van der Waals surface area contributed by atoms with E-state index in [1.54, 1.807) is 5.54 Å². The topological polar surface area (TPSA) is 0 Å². The first-order chi connectivity index (χ1) is 5.99. The fourth-order valence-corrected chi connectivity index (χ4v) is 3.08. The molecular weight excluding hydrogens is 271 g/mol. The summed E-state index contributed by atoms with van der Waals surface area (Å²) in [7, 11) is 0. The molecule has 0 N–H and O–H groups in total. The van der Waals surface area contributed by atoms with Gasteiger partial charge in [-0.15, -0.1) is 11.6 Å². The summed E-state index contributed by atoms with van der Waals surface area (Å²) in [6.07, 6.45) is 3.83. The average Bonchev–Trinajstić information content (AvgIpc) is 2.02. The van der Waals surface area contributed by atoms with Gasteiger partial charge in [-0.2, -0.15) is 0 Å². The van der Waals surface area contributed by atoms with Crippen LogP contribution in [0, 0.1) is 5.41 Å². The van der Waals surface area contributed by atoms with Crippen LogP contribution in [-0.4, -0.2) is 10.2 Å². The lowest BCUT2D eigenvalue weighted by Gasteiger charge is -2.39. The number of alkyl halides is 2. The molecule has 1 aliphatic carbocycles. The van der Waals surface area contributed by atoms with E-state index in [0.29, 0.717) is 4.83 Å². The van der Waals surface area contributed by atoms with E-state index in [9.17, 15) is 0 Å².